The molecular weight excluding hydrogens is 1630 g/mol. The van der Waals surface area contributed by atoms with E-state index in [2.05, 4.69) is 22.0 Å². The topological polar surface area (TPSA) is 53.3 Å². The third-order valence-electron chi connectivity index (χ3n) is 50.0. The van der Waals surface area contributed by atoms with Gasteiger partial charge in [-0.3, -0.25) is 0 Å². The molecule has 10 aliphatic carbocycles. The Kier molecular flexibility index (Phi) is 33.6. The van der Waals surface area contributed by atoms with Crippen molar-refractivity contribution < 1.29 is 58.8 Å². The Labute approximate surface area is 824 Å². The maximum Gasteiger partial charge on any atom is 0.0802 e. The number of quaternary nitrogens is 12. The van der Waals surface area contributed by atoms with Gasteiger partial charge in [0.25, 0.3) is 0 Å². The molecule has 134 heavy (non-hydrogen) atoms. The normalized spacial score (nSPS) is 51.5. The molecule has 12 nitrogen and oxygen atoms in total. The van der Waals surface area contributed by atoms with E-state index in [4.69, 9.17) is 0 Å². The molecule has 758 valence electrons. The van der Waals surface area contributed by atoms with E-state index in [0.717, 1.165) is 189 Å². The fourth-order valence-electron chi connectivity index (χ4n) is 42.4. The smallest absolute Gasteiger partial charge is 0.0802 e. The first-order valence-corrected chi connectivity index (χ1v) is 63.9. The minimum atomic E-state index is 0.880. The molecule has 48 heterocycles. The Balaban J connectivity index is 0.000000114. The molecule has 12 heteroatoms. The molecule has 48 fully saturated rings. The van der Waals surface area contributed by atoms with Crippen molar-refractivity contribution in [1.82, 2.24) is 0 Å². The van der Waals surface area contributed by atoms with Crippen molar-refractivity contribution in [2.45, 2.75) is 334 Å². The number of hydrogen-bond donors (Lipinski definition) is 12. The van der Waals surface area contributed by atoms with Gasteiger partial charge in [0.1, 0.15) is 0 Å². The number of hydrogen-bond acceptors (Lipinski definition) is 0. The van der Waals surface area contributed by atoms with Gasteiger partial charge < -0.3 is 58.8 Å². The highest BCUT2D eigenvalue weighted by Gasteiger charge is 2.58. The zero-order chi connectivity index (χ0) is 89.0. The SMILES string of the molecule is C1=CC2CC[NH+](CC2)CC2CCC(CC2)C[NH+]2CCC(CC2)C2CC[NH+](CC2)CC2CCC(CC2)C[NH+]2CCC1CC2.C1CC2CCC1C[NH+]1CCC(CC1)C1CC[NH+](CC1)CC1CCC(CC1)C[NH+]1CC3CCC4C[NH+](C2)CC2CCC(C1)C3C42.C1CC2C[NH+]3CCC(CC3)C3CC[NH+](CC3)CC3CCCC4C(CCCC34)C[NH+]3CCC(CC3)C3CC[NH+](CC3)CC3CCCC2C3C1. The maximum absolute atomic E-state index is 2.69. The third kappa shape index (κ3) is 24.4. The molecule has 0 radical (unpaired) electrons. The summed E-state index contributed by atoms with van der Waals surface area (Å²) in [5.41, 5.74) is 0. The van der Waals surface area contributed by atoms with E-state index in [9.17, 15) is 0 Å². The molecule has 0 spiro atoms. The second-order valence-corrected chi connectivity index (χ2v) is 57.3. The summed E-state index contributed by atoms with van der Waals surface area (Å²) in [4.78, 5) is 24.2. The number of rotatable bonds is 0. The van der Waals surface area contributed by atoms with E-state index < -0.39 is 0 Å². The van der Waals surface area contributed by atoms with Crippen LogP contribution in [0.3, 0.4) is 0 Å². The molecule has 0 aromatic rings. The first kappa shape index (κ1) is 96.7. The lowest BCUT2D eigenvalue weighted by atomic mass is 9.51. The standard InChI is InChI=1S/C44H76N4.C40H68N4.C38H66N4/c1-5-37-29-45-21-13-33(14-22-45)35-17-25-47(26-18-35)31-39-7-3-12-44-40(8-4-11-43(39)44)32-48-27-19-36(20-28-48)34-15-23-46(24-16-34)30-38-6-2-10-42(37)41(38)9-1;1-5-31-6-2-29(1)21-41-17-13-33(14-18-41)34-15-19-42(20-16-34)22-30-3-7-32(8-4-30)24-44-27-37-11-9-35-25-43(23-31)26-36-10-12-38(28-44)40(37)39(35)36;1-2-32-13-21-40(22-14-32)28-34-5-9-36(10-6-34)30-42-25-17-38(18-26-42)37-15-23-41(24-16-37)29-35-7-3-33(4-8-35)27-39-19-11-31(1)12-20-39/h33-44H,1-32H2;29-40H,1-28H2;1-2,31-38H,3-30H2/p+12. The highest BCUT2D eigenvalue weighted by Crippen LogP contribution is 2.54. The number of piperidine rings is 12. The van der Waals surface area contributed by atoms with Crippen LogP contribution in [0.1, 0.15) is 334 Å². The molecule has 12 unspecified atom stereocenters. The lowest BCUT2D eigenvalue weighted by Crippen LogP contribution is -3.17. The van der Waals surface area contributed by atoms with Crippen molar-refractivity contribution in [2.24, 2.45) is 189 Å². The summed E-state index contributed by atoms with van der Waals surface area (Å²) in [6.07, 6.45) is 86.2. The Morgan fingerprint density at radius 1 is 0.112 bits per heavy atom. The minimum Gasteiger partial charge on any atom is -0.335 e. The summed E-state index contributed by atoms with van der Waals surface area (Å²) in [6, 6.07) is 0. The predicted molar refractivity (Wildman–Crippen MR) is 548 cm³/mol. The van der Waals surface area contributed by atoms with E-state index in [0.29, 0.717) is 0 Å². The van der Waals surface area contributed by atoms with Crippen LogP contribution in [0.4, 0.5) is 0 Å². The van der Waals surface area contributed by atoms with Crippen LogP contribution in [-0.4, -0.2) is 236 Å². The zero-order valence-electron chi connectivity index (χ0n) is 87.9. The molecule has 58 rings (SSSR count). The van der Waals surface area contributed by atoms with Crippen molar-refractivity contribution in [3.8, 4) is 0 Å². The van der Waals surface area contributed by atoms with E-state index in [-0.39, 0.29) is 0 Å². The molecule has 12 N–H and O–H groups in total. The summed E-state index contributed by atoms with van der Waals surface area (Å²) < 4.78 is 0. The molecule has 44 bridgehead atoms. The Hall–Kier alpha value is -0.740. The summed E-state index contributed by atoms with van der Waals surface area (Å²) in [6.45, 7) is 54.5. The van der Waals surface area contributed by atoms with Gasteiger partial charge in [-0.1, -0.05) is 37.8 Å². The first-order chi connectivity index (χ1) is 66.1. The van der Waals surface area contributed by atoms with E-state index in [1.54, 1.807) is 348 Å². The predicted octanol–water partition coefficient (Wildman–Crippen LogP) is 5.48. The molecular formula is C122H222N12+12. The van der Waals surface area contributed by atoms with Gasteiger partial charge in [-0.25, -0.2) is 0 Å². The van der Waals surface area contributed by atoms with Crippen molar-refractivity contribution in [3.05, 3.63) is 12.2 Å². The molecule has 58 aliphatic rings. The van der Waals surface area contributed by atoms with Crippen LogP contribution in [0.15, 0.2) is 12.2 Å². The highest BCUT2D eigenvalue weighted by atomic mass is 15.2. The van der Waals surface area contributed by atoms with Crippen LogP contribution in [-0.2, 0) is 0 Å². The van der Waals surface area contributed by atoms with Gasteiger partial charge in [0, 0.05) is 120 Å². The van der Waals surface area contributed by atoms with Crippen LogP contribution in [0.5, 0.6) is 0 Å². The van der Waals surface area contributed by atoms with Gasteiger partial charge in [-0.2, -0.15) is 0 Å². The van der Waals surface area contributed by atoms with E-state index in [1.807, 2.05) is 49.0 Å². The number of nitrogens with one attached hydrogen (secondary N) is 12. The Morgan fingerprint density at radius 2 is 0.261 bits per heavy atom. The molecule has 48 aliphatic heterocycles. The molecule has 12 atom stereocenters. The highest BCUT2D eigenvalue weighted by molar-refractivity contribution is 5.01. The van der Waals surface area contributed by atoms with E-state index in [1.165, 1.54) is 222 Å². The summed E-state index contributed by atoms with van der Waals surface area (Å²) in [5, 5.41) is 0. The quantitative estimate of drug-likeness (QED) is 0.143. The number of allylic oxidation sites excluding steroid dienone is 2. The molecule has 10 saturated carbocycles. The second-order valence-electron chi connectivity index (χ2n) is 57.3. The second kappa shape index (κ2) is 46.5. The van der Waals surface area contributed by atoms with Crippen molar-refractivity contribution >= 4 is 0 Å². The van der Waals surface area contributed by atoms with Crippen LogP contribution in [0, 0.1) is 189 Å². The van der Waals surface area contributed by atoms with Gasteiger partial charge in [0.15, 0.2) is 0 Å². The monoisotopic (exact) mass is 1860 g/mol. The van der Waals surface area contributed by atoms with Gasteiger partial charge >= 0.3 is 0 Å². The maximum atomic E-state index is 2.69. The fourth-order valence-corrected chi connectivity index (χ4v) is 42.4. The zero-order valence-corrected chi connectivity index (χ0v) is 87.9. The van der Waals surface area contributed by atoms with E-state index >= 15 is 0 Å². The van der Waals surface area contributed by atoms with Gasteiger partial charge in [0.05, 0.1) is 236 Å². The lowest BCUT2D eigenvalue weighted by molar-refractivity contribution is -0.926. The average Bonchev–Trinajstić information content (AvgIpc) is 0.735. The van der Waals surface area contributed by atoms with Crippen LogP contribution in [0.2, 0.25) is 0 Å². The summed E-state index contributed by atoms with van der Waals surface area (Å²) in [7, 11) is 0. The molecule has 0 aromatic carbocycles. The summed E-state index contributed by atoms with van der Waals surface area (Å²) in [5.74, 6) is 33.9. The van der Waals surface area contributed by atoms with Gasteiger partial charge in [-0.05, 0) is 377 Å². The fraction of sp³-hybridized carbons (Fsp3) is 0.984. The summed E-state index contributed by atoms with van der Waals surface area (Å²) >= 11 is 0. The van der Waals surface area contributed by atoms with Crippen molar-refractivity contribution in [2.75, 3.05) is 236 Å². The largest absolute Gasteiger partial charge is 0.335 e. The van der Waals surface area contributed by atoms with Gasteiger partial charge in [-0.15, -0.1) is 0 Å². The minimum absolute atomic E-state index is 0.880. The lowest BCUT2D eigenvalue weighted by Gasteiger charge is -2.58. The van der Waals surface area contributed by atoms with Crippen LogP contribution >= 0.6 is 0 Å². The molecule has 38 saturated heterocycles. The van der Waals surface area contributed by atoms with Crippen molar-refractivity contribution in [3.63, 3.8) is 0 Å². The molecule has 0 amide bonds. The van der Waals surface area contributed by atoms with Crippen LogP contribution < -0.4 is 58.8 Å². The third-order valence-corrected chi connectivity index (χ3v) is 50.0. The van der Waals surface area contributed by atoms with Crippen LogP contribution in [0.25, 0.3) is 0 Å². The average molecular weight is 1860 g/mol. The molecule has 0 aromatic heterocycles. The van der Waals surface area contributed by atoms with Gasteiger partial charge in [0.2, 0.25) is 0 Å². The first-order valence-electron chi connectivity index (χ1n) is 63.9. The Morgan fingerprint density at radius 3 is 0.440 bits per heavy atom. The Bertz CT molecular complexity index is 3130. The van der Waals surface area contributed by atoms with Crippen molar-refractivity contribution in [1.29, 1.82) is 0 Å².